The molecule has 0 aromatic heterocycles. The van der Waals surface area contributed by atoms with Crippen LogP contribution in [0.1, 0.15) is 19.0 Å². The lowest BCUT2D eigenvalue weighted by atomic mass is 10.1. The van der Waals surface area contributed by atoms with Crippen molar-refractivity contribution in [3.63, 3.8) is 0 Å². The van der Waals surface area contributed by atoms with E-state index in [1.165, 1.54) is 10.6 Å². The van der Waals surface area contributed by atoms with Gasteiger partial charge in [-0.3, -0.25) is 0 Å². The van der Waals surface area contributed by atoms with E-state index in [4.69, 9.17) is 1.37 Å². The Hall–Kier alpha value is -2.24. The van der Waals surface area contributed by atoms with E-state index in [-0.39, 0.29) is 5.66 Å². The summed E-state index contributed by atoms with van der Waals surface area (Å²) in [6.07, 6.45) is -0.0299. The van der Waals surface area contributed by atoms with E-state index in [1.54, 1.807) is 0 Å². The first-order valence-corrected chi connectivity index (χ1v) is 9.04. The van der Waals surface area contributed by atoms with Gasteiger partial charge in [0.1, 0.15) is 6.29 Å². The molecular weight excluding hydrogens is 299 g/mol. The fourth-order valence-electron chi connectivity index (χ4n) is 2.72. The number of carbonyl (C=O) groups excluding carboxylic acids is 1. The molecule has 3 aromatic rings. The lowest BCUT2D eigenvalue weighted by molar-refractivity contribution is -0.107. The Labute approximate surface area is 140 Å². The maximum atomic E-state index is 11.5. The molecule has 114 valence electrons. The average Bonchev–Trinajstić information content (AvgIpc) is 2.67. The van der Waals surface area contributed by atoms with Gasteiger partial charge in [-0.1, -0.05) is 91.0 Å². The van der Waals surface area contributed by atoms with Gasteiger partial charge in [-0.15, -0.1) is 0 Å². The third kappa shape index (κ3) is 3.75. The minimum absolute atomic E-state index is 0.163. The normalized spacial score (nSPS) is 14.0. The van der Waals surface area contributed by atoms with Crippen molar-refractivity contribution in [3.8, 4) is 0 Å². The predicted octanol–water partition coefficient (Wildman–Crippen LogP) is 4.45. The number of aldehydes is 1. The van der Waals surface area contributed by atoms with Gasteiger partial charge in [0, 0.05) is 13.4 Å². The van der Waals surface area contributed by atoms with Crippen molar-refractivity contribution in [2.24, 2.45) is 0 Å². The van der Waals surface area contributed by atoms with E-state index in [9.17, 15) is 4.79 Å². The van der Waals surface area contributed by atoms with Gasteiger partial charge in [0.15, 0.2) is 0 Å². The maximum absolute atomic E-state index is 11.5. The van der Waals surface area contributed by atoms with E-state index < -0.39 is 14.3 Å². The van der Waals surface area contributed by atoms with Gasteiger partial charge in [-0.25, -0.2) is 0 Å². The van der Waals surface area contributed by atoms with Gasteiger partial charge in [0.2, 0.25) is 0 Å². The SMILES string of the molecule is [2H]C(C=O)C(c1ccccc1)P(c1ccccc1)c1ccccc1. The molecule has 2 atom stereocenters. The van der Waals surface area contributed by atoms with E-state index in [0.29, 0.717) is 0 Å². The second-order valence-electron chi connectivity index (χ2n) is 5.23. The molecule has 3 aromatic carbocycles. The average molecular weight is 319 g/mol. The van der Waals surface area contributed by atoms with Crippen LogP contribution in [0.3, 0.4) is 0 Å². The van der Waals surface area contributed by atoms with Crippen LogP contribution in [0.4, 0.5) is 0 Å². The topological polar surface area (TPSA) is 17.1 Å². The van der Waals surface area contributed by atoms with Crippen molar-refractivity contribution in [2.45, 2.75) is 12.1 Å². The summed E-state index contributed by atoms with van der Waals surface area (Å²) in [5.74, 6) is 0. The van der Waals surface area contributed by atoms with Crippen molar-refractivity contribution in [2.75, 3.05) is 0 Å². The predicted molar refractivity (Wildman–Crippen MR) is 98.9 cm³/mol. The molecule has 23 heavy (non-hydrogen) atoms. The minimum atomic E-state index is -0.855. The monoisotopic (exact) mass is 319 g/mol. The molecule has 2 unspecified atom stereocenters. The van der Waals surface area contributed by atoms with E-state index >= 15 is 0 Å². The highest BCUT2D eigenvalue weighted by atomic mass is 31.1. The summed E-state index contributed by atoms with van der Waals surface area (Å²) < 4.78 is 8.39. The first kappa shape index (κ1) is 14.4. The molecule has 0 aliphatic heterocycles. The summed E-state index contributed by atoms with van der Waals surface area (Å²) in [7, 11) is -0.855. The van der Waals surface area contributed by atoms with Crippen LogP contribution in [-0.4, -0.2) is 6.29 Å². The lowest BCUT2D eigenvalue weighted by Crippen LogP contribution is -2.17. The number of benzene rings is 3. The van der Waals surface area contributed by atoms with Crippen molar-refractivity contribution in [1.29, 1.82) is 0 Å². The Morgan fingerprint density at radius 1 is 0.783 bits per heavy atom. The number of carbonyl (C=O) groups is 1. The van der Waals surface area contributed by atoms with Crippen LogP contribution in [0.25, 0.3) is 0 Å². The third-order valence-corrected chi connectivity index (χ3v) is 6.48. The Morgan fingerprint density at radius 2 is 1.22 bits per heavy atom. The summed E-state index contributed by atoms with van der Waals surface area (Å²) in [6.45, 7) is 0. The summed E-state index contributed by atoms with van der Waals surface area (Å²) in [6, 6.07) is 30.5. The maximum Gasteiger partial charge on any atom is 0.120 e. The quantitative estimate of drug-likeness (QED) is 0.484. The Kier molecular flexibility index (Phi) is 4.90. The standard InChI is InChI=1S/C21H19OP/c22-17-16-21(18-10-4-1-5-11-18)23(19-12-6-2-7-13-19)20-14-8-3-9-15-20/h1-15,17,21H,16H2/i16D. The smallest absolute Gasteiger partial charge is 0.120 e. The summed E-state index contributed by atoms with van der Waals surface area (Å²) >= 11 is 0. The molecule has 0 saturated heterocycles. The molecule has 0 N–H and O–H groups in total. The largest absolute Gasteiger partial charge is 0.303 e. The van der Waals surface area contributed by atoms with E-state index in [2.05, 4.69) is 24.3 Å². The summed E-state index contributed by atoms with van der Waals surface area (Å²) in [5.41, 5.74) is 0.881. The van der Waals surface area contributed by atoms with E-state index in [1.807, 2.05) is 66.7 Å². The lowest BCUT2D eigenvalue weighted by Gasteiger charge is -2.28. The van der Waals surface area contributed by atoms with E-state index in [0.717, 1.165) is 11.8 Å². The fourth-order valence-corrected chi connectivity index (χ4v) is 5.36. The second kappa shape index (κ2) is 7.85. The molecule has 0 spiro atoms. The van der Waals surface area contributed by atoms with Crippen LogP contribution in [-0.2, 0) is 4.79 Å². The van der Waals surface area contributed by atoms with Crippen LogP contribution >= 0.6 is 7.92 Å². The highest BCUT2D eigenvalue weighted by Crippen LogP contribution is 2.50. The number of rotatable bonds is 6. The zero-order valence-electron chi connectivity index (χ0n) is 13.7. The van der Waals surface area contributed by atoms with Gasteiger partial charge in [0.25, 0.3) is 0 Å². The number of hydrogen-bond donors (Lipinski definition) is 0. The Bertz CT molecular complexity index is 722. The fraction of sp³-hybridized carbons (Fsp3) is 0.0952. The minimum Gasteiger partial charge on any atom is -0.303 e. The van der Waals surface area contributed by atoms with Crippen LogP contribution in [0, 0.1) is 0 Å². The summed E-state index contributed by atoms with van der Waals surface area (Å²) in [5, 5.41) is 2.37. The molecule has 0 heterocycles. The first-order chi connectivity index (χ1) is 11.8. The zero-order chi connectivity index (χ0) is 16.8. The molecule has 0 aliphatic carbocycles. The van der Waals surface area contributed by atoms with Crippen molar-refractivity contribution >= 4 is 24.8 Å². The van der Waals surface area contributed by atoms with Gasteiger partial charge in [0.05, 0.1) is 0 Å². The Balaban J connectivity index is 2.16. The summed E-state index contributed by atoms with van der Waals surface area (Å²) in [4.78, 5) is 11.5. The third-order valence-electron chi connectivity index (χ3n) is 3.75. The molecule has 2 heteroatoms. The molecule has 3 rings (SSSR count). The van der Waals surface area contributed by atoms with Crippen LogP contribution < -0.4 is 10.6 Å². The Morgan fingerprint density at radius 3 is 1.65 bits per heavy atom. The highest BCUT2D eigenvalue weighted by Gasteiger charge is 2.25. The number of hydrogen-bond acceptors (Lipinski definition) is 1. The van der Waals surface area contributed by atoms with Crippen LogP contribution in [0.5, 0.6) is 0 Å². The molecule has 0 amide bonds. The highest BCUT2D eigenvalue weighted by molar-refractivity contribution is 7.73. The second-order valence-corrected chi connectivity index (χ2v) is 7.55. The molecule has 0 radical (unpaired) electrons. The van der Waals surface area contributed by atoms with Gasteiger partial charge in [-0.05, 0) is 24.1 Å². The van der Waals surface area contributed by atoms with Crippen molar-refractivity contribution in [1.82, 2.24) is 0 Å². The zero-order valence-corrected chi connectivity index (χ0v) is 13.6. The molecule has 0 fully saturated rings. The van der Waals surface area contributed by atoms with Crippen molar-refractivity contribution in [3.05, 3.63) is 96.6 Å². The van der Waals surface area contributed by atoms with Crippen molar-refractivity contribution < 1.29 is 6.17 Å². The molecule has 0 aliphatic rings. The van der Waals surface area contributed by atoms with Gasteiger partial charge in [-0.2, -0.15) is 0 Å². The van der Waals surface area contributed by atoms with Gasteiger partial charge < -0.3 is 4.79 Å². The van der Waals surface area contributed by atoms with Crippen LogP contribution in [0.15, 0.2) is 91.0 Å². The molecule has 0 saturated carbocycles. The first-order valence-electron chi connectivity index (χ1n) is 8.21. The molecular formula is C21H19OP. The van der Waals surface area contributed by atoms with Gasteiger partial charge >= 0.3 is 0 Å². The molecule has 1 nitrogen and oxygen atoms in total. The molecule has 0 bridgehead atoms. The van der Waals surface area contributed by atoms with Crippen LogP contribution in [0.2, 0.25) is 0 Å².